The molecule has 4 aliphatic carbocycles. The summed E-state index contributed by atoms with van der Waals surface area (Å²) < 4.78 is 40.6. The minimum absolute atomic E-state index is 0. The Kier molecular flexibility index (Phi) is 9.95. The van der Waals surface area contributed by atoms with E-state index in [1.807, 2.05) is 33.8 Å². The molecule has 10 nitrogen and oxygen atoms in total. The van der Waals surface area contributed by atoms with Gasteiger partial charge in [0.05, 0.1) is 24.9 Å². The van der Waals surface area contributed by atoms with Crippen LogP contribution in [0.3, 0.4) is 0 Å². The minimum atomic E-state index is -5.23. The molecule has 4 rings (SSSR count). The van der Waals surface area contributed by atoms with Crippen LogP contribution in [0.5, 0.6) is 0 Å². The zero-order valence-electron chi connectivity index (χ0n) is 23.8. The van der Waals surface area contributed by atoms with Gasteiger partial charge in [0.15, 0.2) is 0 Å². The van der Waals surface area contributed by atoms with Crippen molar-refractivity contribution in [2.75, 3.05) is 6.61 Å². The summed E-state index contributed by atoms with van der Waals surface area (Å²) >= 11 is 0. The Labute approximate surface area is 254 Å². The Bertz CT molecular complexity index is 1040. The van der Waals surface area contributed by atoms with Crippen molar-refractivity contribution in [2.24, 2.45) is 34.5 Å². The average molecular weight is 585 g/mol. The van der Waals surface area contributed by atoms with Gasteiger partial charge in [-0.2, -0.15) is 0 Å². The zero-order chi connectivity index (χ0) is 28.5. The molecular weight excluding hydrogens is 539 g/mol. The van der Waals surface area contributed by atoms with Gasteiger partial charge in [-0.25, -0.2) is 8.42 Å². The van der Waals surface area contributed by atoms with Crippen LogP contribution < -0.4 is 29.6 Å². The molecule has 220 valence electrons. The summed E-state index contributed by atoms with van der Waals surface area (Å²) in [5, 5.41) is 66.8. The van der Waals surface area contributed by atoms with Crippen molar-refractivity contribution in [1.29, 1.82) is 0 Å². The zero-order valence-corrected chi connectivity index (χ0v) is 26.6. The fourth-order valence-corrected chi connectivity index (χ4v) is 10.00. The Morgan fingerprint density at radius 3 is 2.36 bits per heavy atom. The van der Waals surface area contributed by atoms with E-state index in [4.69, 9.17) is 4.18 Å². The molecule has 0 heterocycles. The van der Waals surface area contributed by atoms with Crippen molar-refractivity contribution in [1.82, 2.24) is 0 Å². The summed E-state index contributed by atoms with van der Waals surface area (Å²) in [4.78, 5) is 0. The predicted octanol–water partition coefficient (Wildman–Crippen LogP) is -2.01. The Balaban J connectivity index is 0.00000420. The Hall–Kier alpha value is 0.370. The van der Waals surface area contributed by atoms with Gasteiger partial charge in [-0.1, -0.05) is 32.4 Å². The first-order chi connectivity index (χ1) is 17.5. The van der Waals surface area contributed by atoms with Crippen molar-refractivity contribution >= 4 is 10.4 Å². The third-order valence-corrected chi connectivity index (χ3v) is 11.8. The van der Waals surface area contributed by atoms with Gasteiger partial charge in [0.25, 0.3) is 0 Å². The molecule has 0 aromatic rings. The van der Waals surface area contributed by atoms with Crippen LogP contribution in [0.15, 0.2) is 11.6 Å². The normalized spacial score (nSPS) is 48.9. The molecule has 0 aliphatic heterocycles. The van der Waals surface area contributed by atoms with Gasteiger partial charge in [-0.3, -0.25) is 4.18 Å². The monoisotopic (exact) mass is 584 g/mol. The van der Waals surface area contributed by atoms with Gasteiger partial charge in [0.2, 0.25) is 10.4 Å². The number of rotatable bonds is 7. The van der Waals surface area contributed by atoms with Crippen LogP contribution in [-0.4, -0.2) is 85.8 Å². The first kappa shape index (κ1) is 33.9. The smallest absolute Gasteiger partial charge is 0.726 e. The van der Waals surface area contributed by atoms with E-state index in [1.54, 1.807) is 0 Å². The molecule has 39 heavy (non-hydrogen) atoms. The molecule has 0 radical (unpaired) electrons. The summed E-state index contributed by atoms with van der Waals surface area (Å²) in [6.45, 7) is 7.44. The average Bonchev–Trinajstić information content (AvgIpc) is 3.03. The maximum absolute atomic E-state index is 12.6. The molecule has 12 atom stereocenters. The SMILES string of the molecule is C/C(=C\CC[C@@H](C)[C@H]1C[C@H](OS(=O)(=O)[O-])[C@@]2(O)[C@]3(O)C[C@H](O)[C@H]4[C@@H](O)[C@@H](O)CC[C@]4(C)C3CC[C@]12C)CO.[Na+]. The van der Waals surface area contributed by atoms with Crippen LogP contribution in [0.1, 0.15) is 79.1 Å². The number of aliphatic hydroxyl groups excluding tert-OH is 4. The summed E-state index contributed by atoms with van der Waals surface area (Å²) in [5.74, 6) is -1.70. The molecule has 0 aromatic heterocycles. The van der Waals surface area contributed by atoms with Crippen LogP contribution in [-0.2, 0) is 14.6 Å². The predicted molar refractivity (Wildman–Crippen MR) is 136 cm³/mol. The van der Waals surface area contributed by atoms with Crippen LogP contribution in [0.4, 0.5) is 0 Å². The Morgan fingerprint density at radius 1 is 1.13 bits per heavy atom. The van der Waals surface area contributed by atoms with Crippen molar-refractivity contribution in [2.45, 2.75) is 115 Å². The number of hydrogen-bond donors (Lipinski definition) is 6. The molecule has 0 saturated heterocycles. The van der Waals surface area contributed by atoms with Crippen molar-refractivity contribution in [3.05, 3.63) is 11.6 Å². The number of aliphatic hydroxyl groups is 6. The summed E-state index contributed by atoms with van der Waals surface area (Å²) in [6, 6.07) is 0. The van der Waals surface area contributed by atoms with Crippen LogP contribution in [0.2, 0.25) is 0 Å². The first-order valence-electron chi connectivity index (χ1n) is 13.9. The van der Waals surface area contributed by atoms with E-state index in [0.29, 0.717) is 32.1 Å². The summed E-state index contributed by atoms with van der Waals surface area (Å²) in [5.41, 5.74) is -5.20. The molecule has 0 spiro atoms. The van der Waals surface area contributed by atoms with E-state index >= 15 is 0 Å². The second-order valence-corrected chi connectivity index (χ2v) is 14.2. The molecule has 4 fully saturated rings. The Morgan fingerprint density at radius 2 is 1.77 bits per heavy atom. The molecule has 6 N–H and O–H groups in total. The summed E-state index contributed by atoms with van der Waals surface area (Å²) in [7, 11) is -5.23. The topological polar surface area (TPSA) is 188 Å². The second kappa shape index (κ2) is 11.5. The molecule has 4 aliphatic rings. The van der Waals surface area contributed by atoms with Gasteiger partial charge < -0.3 is 35.2 Å². The van der Waals surface area contributed by atoms with E-state index in [9.17, 15) is 43.6 Å². The maximum atomic E-state index is 12.6. The fraction of sp³-hybridized carbons (Fsp3) is 0.926. The summed E-state index contributed by atoms with van der Waals surface area (Å²) in [6.07, 6.45) is -0.458. The molecule has 12 heteroatoms. The van der Waals surface area contributed by atoms with E-state index in [1.165, 1.54) is 0 Å². The molecule has 1 unspecified atom stereocenters. The second-order valence-electron chi connectivity index (χ2n) is 13.2. The van der Waals surface area contributed by atoms with E-state index < -0.39 is 68.7 Å². The quantitative estimate of drug-likeness (QED) is 0.0845. The third kappa shape index (κ3) is 5.25. The van der Waals surface area contributed by atoms with Gasteiger partial charge in [-0.05, 0) is 75.0 Å². The number of hydrogen-bond acceptors (Lipinski definition) is 10. The van der Waals surface area contributed by atoms with Gasteiger partial charge in [0, 0.05) is 17.8 Å². The molecule has 0 aromatic carbocycles. The standard InChI is InChI=1S/C27H46O10S.Na/c1-15(14-28)6-5-7-16(2)17-12-21(37-38(34,35)36)27(33)25(17,4)11-9-20-24(3)10-8-18(29)23(31)22(24)19(30)13-26(20,27)32;/h6,16-23,28-33H,5,7-14H2,1-4H3,(H,34,35,36);/q;+1/p-1/b15-6+;/t16-,17-,18+,19+,20?,21+,22+,23+,24-,25-,26+,27+;/m1./s1. The van der Waals surface area contributed by atoms with Crippen LogP contribution in [0.25, 0.3) is 0 Å². The minimum Gasteiger partial charge on any atom is -0.726 e. The fourth-order valence-electron chi connectivity index (χ4n) is 9.50. The largest absolute Gasteiger partial charge is 1.00 e. The number of allylic oxidation sites excluding steroid dienone is 1. The molecule has 0 amide bonds. The number of fused-ring (bicyclic) bond motifs is 5. The third-order valence-electron chi connectivity index (χ3n) is 11.3. The van der Waals surface area contributed by atoms with Crippen molar-refractivity contribution < 1.29 is 77.4 Å². The van der Waals surface area contributed by atoms with Crippen molar-refractivity contribution in [3.63, 3.8) is 0 Å². The van der Waals surface area contributed by atoms with E-state index in [0.717, 1.165) is 5.57 Å². The molecule has 4 saturated carbocycles. The molecule has 0 bridgehead atoms. The van der Waals surface area contributed by atoms with Crippen molar-refractivity contribution in [3.8, 4) is 0 Å². The molecular formula is C27H45NaO10S. The van der Waals surface area contributed by atoms with Crippen LogP contribution >= 0.6 is 0 Å². The van der Waals surface area contributed by atoms with Gasteiger partial charge >= 0.3 is 29.6 Å². The van der Waals surface area contributed by atoms with Gasteiger partial charge in [0.1, 0.15) is 17.3 Å². The van der Waals surface area contributed by atoms with E-state index in [-0.39, 0.29) is 67.3 Å². The first-order valence-corrected chi connectivity index (χ1v) is 15.2. The van der Waals surface area contributed by atoms with Gasteiger partial charge in [-0.15, -0.1) is 0 Å². The van der Waals surface area contributed by atoms with Crippen LogP contribution in [0, 0.1) is 34.5 Å². The maximum Gasteiger partial charge on any atom is 1.00 e. The van der Waals surface area contributed by atoms with E-state index in [2.05, 4.69) is 0 Å².